The second kappa shape index (κ2) is 3.54. The van der Waals surface area contributed by atoms with Crippen LogP contribution in [0.3, 0.4) is 0 Å². The summed E-state index contributed by atoms with van der Waals surface area (Å²) in [5.41, 5.74) is 0.524. The second-order valence-electron chi connectivity index (χ2n) is 2.55. The third-order valence-corrected chi connectivity index (χ3v) is 1.82. The summed E-state index contributed by atoms with van der Waals surface area (Å²) < 4.78 is 0. The molecule has 4 nitrogen and oxygen atoms in total. The Morgan fingerprint density at radius 2 is 2.25 bits per heavy atom. The molecule has 0 aliphatic heterocycles. The zero-order chi connectivity index (χ0) is 8.97. The van der Waals surface area contributed by atoms with Crippen molar-refractivity contribution in [2.24, 2.45) is 17.0 Å². The standard InChI is InChI=1S/C8H7N3O/c9-4-7(5-10)6-1-2-8(3-6)11-12/h1-2,6-7,12H,3H2/b11-8-/t6-/m1/s1. The van der Waals surface area contributed by atoms with Crippen LogP contribution in [0, 0.1) is 34.5 Å². The van der Waals surface area contributed by atoms with Crippen LogP contribution in [-0.2, 0) is 0 Å². The maximum Gasteiger partial charge on any atom is 0.139 e. The Bertz CT molecular complexity index is 291. The first-order chi connectivity index (χ1) is 5.81. The molecule has 1 rings (SSSR count). The van der Waals surface area contributed by atoms with E-state index in [4.69, 9.17) is 15.7 Å². The normalized spacial score (nSPS) is 24.2. The van der Waals surface area contributed by atoms with Crippen LogP contribution >= 0.6 is 0 Å². The Morgan fingerprint density at radius 1 is 1.58 bits per heavy atom. The molecule has 0 amide bonds. The van der Waals surface area contributed by atoms with E-state index in [0.29, 0.717) is 12.1 Å². The molecule has 1 N–H and O–H groups in total. The van der Waals surface area contributed by atoms with E-state index in [1.165, 1.54) is 0 Å². The summed E-state index contributed by atoms with van der Waals surface area (Å²) in [5.74, 6) is -0.758. The maximum absolute atomic E-state index is 8.54. The van der Waals surface area contributed by atoms with E-state index in [0.717, 1.165) is 0 Å². The van der Waals surface area contributed by atoms with Gasteiger partial charge in [-0.15, -0.1) is 0 Å². The van der Waals surface area contributed by atoms with Gasteiger partial charge in [-0.3, -0.25) is 0 Å². The van der Waals surface area contributed by atoms with Crippen LogP contribution in [0.1, 0.15) is 6.42 Å². The Hall–Kier alpha value is -1.81. The van der Waals surface area contributed by atoms with Gasteiger partial charge in [-0.2, -0.15) is 10.5 Å². The molecule has 1 aliphatic carbocycles. The fourth-order valence-electron chi connectivity index (χ4n) is 1.14. The summed E-state index contributed by atoms with van der Waals surface area (Å²) in [7, 11) is 0. The van der Waals surface area contributed by atoms with Gasteiger partial charge in [0.2, 0.25) is 0 Å². The summed E-state index contributed by atoms with van der Waals surface area (Å²) in [4.78, 5) is 0. The molecule has 1 atom stereocenters. The largest absolute Gasteiger partial charge is 0.411 e. The van der Waals surface area contributed by atoms with E-state index < -0.39 is 5.92 Å². The monoisotopic (exact) mass is 161 g/mol. The number of nitrogens with zero attached hydrogens (tertiary/aromatic N) is 3. The minimum absolute atomic E-state index is 0.120. The fourth-order valence-corrected chi connectivity index (χ4v) is 1.14. The molecule has 0 bridgehead atoms. The van der Waals surface area contributed by atoms with Crippen molar-refractivity contribution in [3.8, 4) is 12.1 Å². The first-order valence-corrected chi connectivity index (χ1v) is 3.50. The van der Waals surface area contributed by atoms with E-state index in [1.807, 2.05) is 12.1 Å². The van der Waals surface area contributed by atoms with Crippen molar-refractivity contribution >= 4 is 5.71 Å². The molecule has 0 saturated carbocycles. The lowest BCUT2D eigenvalue weighted by Gasteiger charge is -2.04. The predicted octanol–water partition coefficient (Wildman–Crippen LogP) is 1.06. The van der Waals surface area contributed by atoms with Crippen LogP contribution in [0.15, 0.2) is 17.3 Å². The van der Waals surface area contributed by atoms with Gasteiger partial charge in [-0.1, -0.05) is 11.2 Å². The first-order valence-electron chi connectivity index (χ1n) is 3.50. The number of hydrogen-bond donors (Lipinski definition) is 1. The fraction of sp³-hybridized carbons (Fsp3) is 0.375. The highest BCUT2D eigenvalue weighted by atomic mass is 16.4. The minimum atomic E-state index is -0.638. The third kappa shape index (κ3) is 1.43. The Labute approximate surface area is 70.0 Å². The maximum atomic E-state index is 8.54. The average molecular weight is 161 g/mol. The zero-order valence-electron chi connectivity index (χ0n) is 6.31. The van der Waals surface area contributed by atoms with Crippen LogP contribution < -0.4 is 0 Å². The molecule has 0 unspecified atom stereocenters. The molecule has 1 aliphatic rings. The number of nitriles is 2. The van der Waals surface area contributed by atoms with Crippen LogP contribution in [0.4, 0.5) is 0 Å². The summed E-state index contributed by atoms with van der Waals surface area (Å²) in [5, 5.41) is 28.5. The molecule has 0 aromatic carbocycles. The molecule has 0 aromatic rings. The number of allylic oxidation sites excluding steroid dienone is 2. The van der Waals surface area contributed by atoms with Crippen molar-refractivity contribution < 1.29 is 5.21 Å². The molecule has 4 heteroatoms. The summed E-state index contributed by atoms with van der Waals surface area (Å²) in [6.07, 6.45) is 3.83. The molecular weight excluding hydrogens is 154 g/mol. The third-order valence-electron chi connectivity index (χ3n) is 1.82. The average Bonchev–Trinajstić information content (AvgIpc) is 2.55. The van der Waals surface area contributed by atoms with Crippen molar-refractivity contribution in [3.05, 3.63) is 12.2 Å². The molecule has 0 fully saturated rings. The van der Waals surface area contributed by atoms with E-state index >= 15 is 0 Å². The minimum Gasteiger partial charge on any atom is -0.411 e. The molecular formula is C8H7N3O. The summed E-state index contributed by atoms with van der Waals surface area (Å²) in [6.45, 7) is 0. The van der Waals surface area contributed by atoms with Crippen LogP contribution in [0.2, 0.25) is 0 Å². The highest BCUT2D eigenvalue weighted by Gasteiger charge is 2.23. The highest BCUT2D eigenvalue weighted by Crippen LogP contribution is 2.22. The van der Waals surface area contributed by atoms with E-state index in [2.05, 4.69) is 5.16 Å². The van der Waals surface area contributed by atoms with Crippen molar-refractivity contribution in [1.29, 1.82) is 10.5 Å². The van der Waals surface area contributed by atoms with Gasteiger partial charge in [-0.05, 0) is 6.08 Å². The SMILES string of the molecule is N#CC(C#N)[C@@H]1C=C/C(=N/O)C1. The summed E-state index contributed by atoms with van der Waals surface area (Å²) in [6, 6.07) is 3.78. The van der Waals surface area contributed by atoms with Crippen LogP contribution in [0.5, 0.6) is 0 Å². The molecule has 0 radical (unpaired) electrons. The van der Waals surface area contributed by atoms with Gasteiger partial charge in [0, 0.05) is 12.3 Å². The van der Waals surface area contributed by atoms with Gasteiger partial charge < -0.3 is 5.21 Å². The molecule has 0 saturated heterocycles. The van der Waals surface area contributed by atoms with E-state index in [1.54, 1.807) is 12.2 Å². The van der Waals surface area contributed by atoms with Crippen molar-refractivity contribution in [2.75, 3.05) is 0 Å². The van der Waals surface area contributed by atoms with Gasteiger partial charge in [0.1, 0.15) is 5.92 Å². The number of oxime groups is 1. The molecule has 0 spiro atoms. The van der Waals surface area contributed by atoms with Gasteiger partial charge in [0.15, 0.2) is 0 Å². The van der Waals surface area contributed by atoms with E-state index in [-0.39, 0.29) is 5.92 Å². The van der Waals surface area contributed by atoms with Crippen molar-refractivity contribution in [1.82, 2.24) is 0 Å². The topological polar surface area (TPSA) is 80.2 Å². The Kier molecular flexibility index (Phi) is 2.45. The Balaban J connectivity index is 2.68. The Morgan fingerprint density at radius 3 is 2.67 bits per heavy atom. The highest BCUT2D eigenvalue weighted by molar-refractivity contribution is 5.97. The smallest absolute Gasteiger partial charge is 0.139 e. The predicted molar refractivity (Wildman–Crippen MR) is 41.2 cm³/mol. The number of rotatable bonds is 1. The summed E-state index contributed by atoms with van der Waals surface area (Å²) >= 11 is 0. The van der Waals surface area contributed by atoms with Crippen LogP contribution in [0.25, 0.3) is 0 Å². The lowest BCUT2D eigenvalue weighted by atomic mass is 9.94. The van der Waals surface area contributed by atoms with Crippen molar-refractivity contribution in [3.63, 3.8) is 0 Å². The molecule has 12 heavy (non-hydrogen) atoms. The van der Waals surface area contributed by atoms with E-state index in [9.17, 15) is 0 Å². The van der Waals surface area contributed by atoms with Crippen LogP contribution in [-0.4, -0.2) is 10.9 Å². The number of hydrogen-bond acceptors (Lipinski definition) is 4. The van der Waals surface area contributed by atoms with Crippen molar-refractivity contribution in [2.45, 2.75) is 6.42 Å². The zero-order valence-corrected chi connectivity index (χ0v) is 6.31. The molecule has 0 aromatic heterocycles. The molecule has 60 valence electrons. The van der Waals surface area contributed by atoms with Gasteiger partial charge >= 0.3 is 0 Å². The second-order valence-corrected chi connectivity index (χ2v) is 2.55. The quantitative estimate of drug-likeness (QED) is 0.461. The lowest BCUT2D eigenvalue weighted by Crippen LogP contribution is -2.07. The lowest BCUT2D eigenvalue weighted by molar-refractivity contribution is 0.318. The van der Waals surface area contributed by atoms with Gasteiger partial charge in [0.05, 0.1) is 17.9 Å². The van der Waals surface area contributed by atoms with Gasteiger partial charge in [-0.25, -0.2) is 0 Å². The van der Waals surface area contributed by atoms with Gasteiger partial charge in [0.25, 0.3) is 0 Å². The molecule has 0 heterocycles. The first kappa shape index (κ1) is 8.29.